The highest BCUT2D eigenvalue weighted by molar-refractivity contribution is 5.97. The molecule has 1 amide bonds. The predicted octanol–water partition coefficient (Wildman–Crippen LogP) is 1.25. The van der Waals surface area contributed by atoms with Crippen LogP contribution in [0.3, 0.4) is 0 Å². The van der Waals surface area contributed by atoms with Gasteiger partial charge in [-0.05, 0) is 24.5 Å². The number of carbonyl (C=O) groups is 1. The highest BCUT2D eigenvalue weighted by Gasteiger charge is 2.24. The van der Waals surface area contributed by atoms with Crippen LogP contribution in [-0.4, -0.2) is 35.4 Å². The molecule has 5 nitrogen and oxygen atoms in total. The Bertz CT molecular complexity index is 447. The summed E-state index contributed by atoms with van der Waals surface area (Å²) < 4.78 is 5.30. The second-order valence-electron chi connectivity index (χ2n) is 4.62. The van der Waals surface area contributed by atoms with E-state index in [1.165, 1.54) is 12.1 Å². The number of phenolic OH excluding ortho intramolecular Hbond substituents is 2. The van der Waals surface area contributed by atoms with Crippen molar-refractivity contribution >= 4 is 5.91 Å². The van der Waals surface area contributed by atoms with E-state index in [9.17, 15) is 15.0 Å². The fourth-order valence-corrected chi connectivity index (χ4v) is 2.05. The molecule has 3 N–H and O–H groups in total. The number of carbonyl (C=O) groups excluding carboxylic acids is 1. The lowest BCUT2D eigenvalue weighted by atomic mass is 9.97. The molecule has 1 heterocycles. The Morgan fingerprint density at radius 3 is 2.89 bits per heavy atom. The molecule has 0 radical (unpaired) electrons. The van der Waals surface area contributed by atoms with Crippen molar-refractivity contribution in [3.63, 3.8) is 0 Å². The summed E-state index contributed by atoms with van der Waals surface area (Å²) in [6, 6.07) is 3.99. The summed E-state index contributed by atoms with van der Waals surface area (Å²) in [6.45, 7) is 3.28. The molecule has 0 bridgehead atoms. The smallest absolute Gasteiger partial charge is 0.255 e. The zero-order chi connectivity index (χ0) is 13.1. The number of rotatable bonds is 2. The van der Waals surface area contributed by atoms with Gasteiger partial charge in [-0.2, -0.15) is 0 Å². The number of hydrogen-bond donors (Lipinski definition) is 3. The maximum Gasteiger partial charge on any atom is 0.255 e. The first kappa shape index (κ1) is 12.7. The van der Waals surface area contributed by atoms with E-state index in [0.29, 0.717) is 13.2 Å². The lowest BCUT2D eigenvalue weighted by Gasteiger charge is -2.29. The van der Waals surface area contributed by atoms with Gasteiger partial charge in [-0.25, -0.2) is 0 Å². The monoisotopic (exact) mass is 251 g/mol. The molecular weight excluding hydrogens is 234 g/mol. The molecule has 1 aliphatic rings. The summed E-state index contributed by atoms with van der Waals surface area (Å²) in [7, 11) is 0. The average Bonchev–Trinajstić information content (AvgIpc) is 2.32. The van der Waals surface area contributed by atoms with Crippen molar-refractivity contribution in [1.29, 1.82) is 0 Å². The second-order valence-corrected chi connectivity index (χ2v) is 4.62. The van der Waals surface area contributed by atoms with E-state index in [1.807, 2.05) is 6.92 Å². The first-order chi connectivity index (χ1) is 8.58. The molecule has 18 heavy (non-hydrogen) atoms. The van der Waals surface area contributed by atoms with E-state index < -0.39 is 0 Å². The van der Waals surface area contributed by atoms with E-state index in [1.54, 1.807) is 0 Å². The minimum Gasteiger partial charge on any atom is -0.508 e. The number of ether oxygens (including phenoxy) is 1. The molecule has 2 atom stereocenters. The van der Waals surface area contributed by atoms with Gasteiger partial charge in [-0.3, -0.25) is 4.79 Å². The summed E-state index contributed by atoms with van der Waals surface area (Å²) in [5.41, 5.74) is 0.173. The number of nitrogens with one attached hydrogen (secondary N) is 1. The molecule has 1 aliphatic heterocycles. The summed E-state index contributed by atoms with van der Waals surface area (Å²) in [5.74, 6) is -0.357. The van der Waals surface area contributed by atoms with Crippen LogP contribution in [0.25, 0.3) is 0 Å². The van der Waals surface area contributed by atoms with Gasteiger partial charge in [0.1, 0.15) is 11.5 Å². The Labute approximate surface area is 105 Å². The molecule has 0 aromatic heterocycles. The third-order valence-electron chi connectivity index (χ3n) is 3.18. The van der Waals surface area contributed by atoms with Gasteiger partial charge in [0, 0.05) is 18.7 Å². The fourth-order valence-electron chi connectivity index (χ4n) is 2.05. The van der Waals surface area contributed by atoms with Crippen molar-refractivity contribution in [2.75, 3.05) is 13.2 Å². The van der Waals surface area contributed by atoms with Crippen LogP contribution in [0.4, 0.5) is 0 Å². The van der Waals surface area contributed by atoms with Crippen LogP contribution in [0, 0.1) is 5.92 Å². The maximum atomic E-state index is 12.0. The standard InChI is InChI=1S/C13H17NO4/c1-8-7-18-5-4-11(8)14-13(17)10-3-2-9(15)6-12(10)16/h2-3,6,8,11,15-16H,4-5,7H2,1H3,(H,14,17). The van der Waals surface area contributed by atoms with Crippen LogP contribution < -0.4 is 5.32 Å². The average molecular weight is 251 g/mol. The van der Waals surface area contributed by atoms with Gasteiger partial charge in [0.05, 0.1) is 12.2 Å². The minimum absolute atomic E-state index is 0.0550. The van der Waals surface area contributed by atoms with Gasteiger partial charge in [0.25, 0.3) is 5.91 Å². The molecule has 2 unspecified atom stereocenters. The lowest BCUT2D eigenvalue weighted by molar-refractivity contribution is 0.0374. The molecule has 1 aromatic rings. The summed E-state index contributed by atoms with van der Waals surface area (Å²) in [5, 5.41) is 21.7. The normalized spacial score (nSPS) is 23.6. The molecule has 2 rings (SSSR count). The molecule has 0 aliphatic carbocycles. The Balaban J connectivity index is 2.07. The van der Waals surface area contributed by atoms with E-state index in [2.05, 4.69) is 5.32 Å². The Morgan fingerprint density at radius 1 is 1.44 bits per heavy atom. The molecule has 0 saturated carbocycles. The second kappa shape index (κ2) is 5.27. The zero-order valence-corrected chi connectivity index (χ0v) is 10.2. The Kier molecular flexibility index (Phi) is 3.72. The largest absolute Gasteiger partial charge is 0.508 e. The van der Waals surface area contributed by atoms with E-state index in [0.717, 1.165) is 12.5 Å². The quantitative estimate of drug-likeness (QED) is 0.739. The summed E-state index contributed by atoms with van der Waals surface area (Å²) >= 11 is 0. The van der Waals surface area contributed by atoms with E-state index in [4.69, 9.17) is 4.74 Å². The Morgan fingerprint density at radius 2 is 2.22 bits per heavy atom. The van der Waals surface area contributed by atoms with Crippen LogP contribution in [0.5, 0.6) is 11.5 Å². The summed E-state index contributed by atoms with van der Waals surface area (Å²) in [4.78, 5) is 12.0. The number of phenols is 2. The first-order valence-corrected chi connectivity index (χ1v) is 5.98. The maximum absolute atomic E-state index is 12.0. The zero-order valence-electron chi connectivity index (χ0n) is 10.2. The van der Waals surface area contributed by atoms with Crippen LogP contribution in [0.15, 0.2) is 18.2 Å². The van der Waals surface area contributed by atoms with Crippen LogP contribution in [0.2, 0.25) is 0 Å². The molecule has 1 fully saturated rings. The Hall–Kier alpha value is -1.75. The lowest BCUT2D eigenvalue weighted by Crippen LogP contribution is -2.44. The third-order valence-corrected chi connectivity index (χ3v) is 3.18. The van der Waals surface area contributed by atoms with Gasteiger partial charge in [0.15, 0.2) is 0 Å². The van der Waals surface area contributed by atoms with Crippen LogP contribution >= 0.6 is 0 Å². The van der Waals surface area contributed by atoms with Crippen molar-refractivity contribution in [3.8, 4) is 11.5 Å². The number of amides is 1. The summed E-state index contributed by atoms with van der Waals surface area (Å²) in [6.07, 6.45) is 0.770. The first-order valence-electron chi connectivity index (χ1n) is 5.98. The minimum atomic E-state index is -0.328. The van der Waals surface area contributed by atoms with E-state index >= 15 is 0 Å². The van der Waals surface area contributed by atoms with Crippen molar-refractivity contribution in [3.05, 3.63) is 23.8 Å². The number of aromatic hydroxyl groups is 2. The van der Waals surface area contributed by atoms with Crippen molar-refractivity contribution in [1.82, 2.24) is 5.32 Å². The predicted molar refractivity (Wildman–Crippen MR) is 65.6 cm³/mol. The van der Waals surface area contributed by atoms with Gasteiger partial charge in [0.2, 0.25) is 0 Å². The van der Waals surface area contributed by atoms with E-state index in [-0.39, 0.29) is 34.9 Å². The van der Waals surface area contributed by atoms with Gasteiger partial charge in [-0.1, -0.05) is 6.92 Å². The molecule has 5 heteroatoms. The number of hydrogen-bond acceptors (Lipinski definition) is 4. The van der Waals surface area contributed by atoms with Crippen molar-refractivity contribution < 1.29 is 19.7 Å². The highest BCUT2D eigenvalue weighted by Crippen LogP contribution is 2.23. The molecule has 0 spiro atoms. The van der Waals surface area contributed by atoms with Gasteiger partial charge < -0.3 is 20.3 Å². The molecular formula is C13H17NO4. The molecule has 1 saturated heterocycles. The fraction of sp³-hybridized carbons (Fsp3) is 0.462. The SMILES string of the molecule is CC1COCCC1NC(=O)c1ccc(O)cc1O. The molecule has 1 aromatic carbocycles. The van der Waals surface area contributed by atoms with Crippen LogP contribution in [-0.2, 0) is 4.74 Å². The van der Waals surface area contributed by atoms with Crippen molar-refractivity contribution in [2.24, 2.45) is 5.92 Å². The van der Waals surface area contributed by atoms with Gasteiger partial charge in [-0.15, -0.1) is 0 Å². The molecule has 98 valence electrons. The van der Waals surface area contributed by atoms with Crippen LogP contribution in [0.1, 0.15) is 23.7 Å². The van der Waals surface area contributed by atoms with Gasteiger partial charge >= 0.3 is 0 Å². The topological polar surface area (TPSA) is 78.8 Å². The van der Waals surface area contributed by atoms with Crippen molar-refractivity contribution in [2.45, 2.75) is 19.4 Å². The highest BCUT2D eigenvalue weighted by atomic mass is 16.5. The third kappa shape index (κ3) is 2.73. The number of benzene rings is 1.